The molecule has 1 aromatic rings. The predicted molar refractivity (Wildman–Crippen MR) is 68.2 cm³/mol. The van der Waals surface area contributed by atoms with E-state index in [0.717, 1.165) is 0 Å². The zero-order chi connectivity index (χ0) is 14.4. The summed E-state index contributed by atoms with van der Waals surface area (Å²) in [6.45, 7) is 3.54. The first-order valence-electron chi connectivity index (χ1n) is 6.02. The van der Waals surface area contributed by atoms with Gasteiger partial charge in [-0.05, 0) is 29.7 Å². The van der Waals surface area contributed by atoms with Crippen LogP contribution in [0, 0.1) is 23.1 Å². The number of nitrogens with zero attached hydrogens (tertiary/aromatic N) is 1. The molecule has 19 heavy (non-hydrogen) atoms. The van der Waals surface area contributed by atoms with E-state index in [0.29, 0.717) is 5.69 Å². The van der Waals surface area contributed by atoms with Crippen molar-refractivity contribution in [2.45, 2.75) is 13.8 Å². The number of carbonyl (C=O) groups is 2. The van der Waals surface area contributed by atoms with Crippen molar-refractivity contribution in [3.05, 3.63) is 30.1 Å². The van der Waals surface area contributed by atoms with Gasteiger partial charge in [0.1, 0.15) is 5.82 Å². The zero-order valence-electron chi connectivity index (χ0n) is 11.1. The lowest BCUT2D eigenvalue weighted by Gasteiger charge is -2.18. The van der Waals surface area contributed by atoms with E-state index in [2.05, 4.69) is 0 Å². The topological polar surface area (TPSA) is 57.6 Å². The van der Waals surface area contributed by atoms with E-state index < -0.39 is 23.2 Å². The molecule has 2 atom stereocenters. The fourth-order valence-corrected chi connectivity index (χ4v) is 2.56. The third kappa shape index (κ3) is 2.20. The van der Waals surface area contributed by atoms with Gasteiger partial charge in [-0.25, -0.2) is 4.39 Å². The minimum Gasteiger partial charge on any atom is -0.481 e. The number of rotatable bonds is 3. The van der Waals surface area contributed by atoms with Crippen LogP contribution in [0.4, 0.5) is 10.1 Å². The second-order valence-corrected chi connectivity index (χ2v) is 5.49. The zero-order valence-corrected chi connectivity index (χ0v) is 11.1. The number of hydrogen-bond acceptors (Lipinski definition) is 2. The summed E-state index contributed by atoms with van der Waals surface area (Å²) in [7, 11) is 1.57. The third-order valence-electron chi connectivity index (χ3n) is 3.90. The van der Waals surface area contributed by atoms with Crippen molar-refractivity contribution in [3.63, 3.8) is 0 Å². The number of carbonyl (C=O) groups excluding carboxylic acids is 1. The molecule has 1 N–H and O–H groups in total. The van der Waals surface area contributed by atoms with Gasteiger partial charge >= 0.3 is 5.97 Å². The molecule has 0 aliphatic heterocycles. The first kappa shape index (κ1) is 13.5. The molecule has 1 saturated carbocycles. The Morgan fingerprint density at radius 3 is 2.16 bits per heavy atom. The lowest BCUT2D eigenvalue weighted by atomic mass is 10.1. The van der Waals surface area contributed by atoms with Crippen LogP contribution in [0.15, 0.2) is 24.3 Å². The van der Waals surface area contributed by atoms with Gasteiger partial charge in [0.25, 0.3) is 0 Å². The number of carboxylic acids is 1. The molecule has 5 heteroatoms. The van der Waals surface area contributed by atoms with Crippen LogP contribution in [0.2, 0.25) is 0 Å². The Morgan fingerprint density at radius 1 is 1.21 bits per heavy atom. The van der Waals surface area contributed by atoms with Crippen LogP contribution >= 0.6 is 0 Å². The maximum absolute atomic E-state index is 12.8. The van der Waals surface area contributed by atoms with Crippen LogP contribution in [0.25, 0.3) is 0 Å². The van der Waals surface area contributed by atoms with Crippen LogP contribution in [-0.4, -0.2) is 24.0 Å². The molecule has 0 unspecified atom stereocenters. The number of amides is 1. The Hall–Kier alpha value is -1.91. The molecule has 102 valence electrons. The molecule has 1 fully saturated rings. The monoisotopic (exact) mass is 265 g/mol. The molecule has 2 rings (SSSR count). The number of hydrogen-bond donors (Lipinski definition) is 1. The molecule has 1 amide bonds. The minimum atomic E-state index is -0.948. The van der Waals surface area contributed by atoms with E-state index >= 15 is 0 Å². The van der Waals surface area contributed by atoms with Gasteiger partial charge in [-0.2, -0.15) is 0 Å². The highest BCUT2D eigenvalue weighted by atomic mass is 19.1. The molecular formula is C14H16FNO3. The average Bonchev–Trinajstić information content (AvgIpc) is 2.91. The third-order valence-corrected chi connectivity index (χ3v) is 3.90. The molecule has 0 heterocycles. The fraction of sp³-hybridized carbons (Fsp3) is 0.429. The summed E-state index contributed by atoms with van der Waals surface area (Å²) in [5, 5.41) is 9.08. The second-order valence-electron chi connectivity index (χ2n) is 5.49. The van der Waals surface area contributed by atoms with Crippen molar-refractivity contribution in [3.8, 4) is 0 Å². The predicted octanol–water partition coefficient (Wildman–Crippen LogP) is 2.15. The number of carboxylic acid groups (broad SMARTS) is 1. The molecule has 0 aromatic heterocycles. The van der Waals surface area contributed by atoms with Crippen LogP contribution in [0.3, 0.4) is 0 Å². The molecule has 1 aromatic carbocycles. The maximum Gasteiger partial charge on any atom is 0.307 e. The molecule has 0 saturated heterocycles. The summed E-state index contributed by atoms with van der Waals surface area (Å²) in [5.74, 6) is -2.75. The van der Waals surface area contributed by atoms with Crippen LogP contribution in [0.5, 0.6) is 0 Å². The molecule has 0 bridgehead atoms. The second kappa shape index (κ2) is 4.33. The van der Waals surface area contributed by atoms with Crippen molar-refractivity contribution in [1.82, 2.24) is 0 Å². The Morgan fingerprint density at radius 2 is 1.74 bits per heavy atom. The molecule has 0 spiro atoms. The smallest absolute Gasteiger partial charge is 0.307 e. The normalized spacial score (nSPS) is 23.8. The first-order chi connectivity index (χ1) is 8.76. The van der Waals surface area contributed by atoms with Gasteiger partial charge in [-0.15, -0.1) is 0 Å². The van der Waals surface area contributed by atoms with Crippen molar-refractivity contribution >= 4 is 17.6 Å². The summed E-state index contributed by atoms with van der Waals surface area (Å²) in [5.41, 5.74) is 0.0234. The largest absolute Gasteiger partial charge is 0.481 e. The number of aliphatic carboxylic acids is 1. The van der Waals surface area contributed by atoms with Gasteiger partial charge in [0.05, 0.1) is 11.8 Å². The van der Waals surface area contributed by atoms with Gasteiger partial charge in [-0.3, -0.25) is 9.59 Å². The number of anilines is 1. The molecule has 1 aliphatic rings. The Kier molecular flexibility index (Phi) is 3.08. The summed E-state index contributed by atoms with van der Waals surface area (Å²) in [4.78, 5) is 24.7. The Balaban J connectivity index is 2.17. The van der Waals surface area contributed by atoms with Crippen molar-refractivity contribution < 1.29 is 19.1 Å². The van der Waals surface area contributed by atoms with Gasteiger partial charge in [-0.1, -0.05) is 13.8 Å². The van der Waals surface area contributed by atoms with Crippen LogP contribution in [0.1, 0.15) is 13.8 Å². The van der Waals surface area contributed by atoms with Crippen molar-refractivity contribution in [2.24, 2.45) is 17.3 Å². The summed E-state index contributed by atoms with van der Waals surface area (Å²) in [6.07, 6.45) is 0. The van der Waals surface area contributed by atoms with E-state index in [-0.39, 0.29) is 11.7 Å². The SMILES string of the molecule is CN(C(=O)[C@H]1[C@@H](C(=O)O)C1(C)C)c1ccc(F)cc1. The summed E-state index contributed by atoms with van der Waals surface area (Å²) in [6, 6.07) is 5.54. The van der Waals surface area contributed by atoms with E-state index in [1.165, 1.54) is 29.2 Å². The van der Waals surface area contributed by atoms with Gasteiger partial charge in [0.2, 0.25) is 5.91 Å². The quantitative estimate of drug-likeness (QED) is 0.911. The maximum atomic E-state index is 12.8. The first-order valence-corrected chi connectivity index (χ1v) is 6.02. The molecule has 4 nitrogen and oxygen atoms in total. The highest BCUT2D eigenvalue weighted by molar-refractivity contribution is 6.01. The molecular weight excluding hydrogens is 249 g/mol. The minimum absolute atomic E-state index is 0.246. The summed E-state index contributed by atoms with van der Waals surface area (Å²) < 4.78 is 12.8. The number of halogens is 1. The van der Waals surface area contributed by atoms with Crippen molar-refractivity contribution in [1.29, 1.82) is 0 Å². The lowest BCUT2D eigenvalue weighted by molar-refractivity contribution is -0.140. The Labute approximate surface area is 110 Å². The average molecular weight is 265 g/mol. The van der Waals surface area contributed by atoms with E-state index in [9.17, 15) is 14.0 Å². The van der Waals surface area contributed by atoms with E-state index in [1.54, 1.807) is 20.9 Å². The standard InChI is InChI=1S/C14H16FNO3/c1-14(2)10(11(14)13(18)19)12(17)16(3)9-6-4-8(15)5-7-9/h4-7,10-11H,1-3H3,(H,18,19)/t10-,11+/m1/s1. The highest BCUT2D eigenvalue weighted by Crippen LogP contribution is 2.59. The van der Waals surface area contributed by atoms with Gasteiger partial charge in [0.15, 0.2) is 0 Å². The highest BCUT2D eigenvalue weighted by Gasteiger charge is 2.66. The number of benzene rings is 1. The molecule has 1 aliphatic carbocycles. The van der Waals surface area contributed by atoms with Gasteiger partial charge < -0.3 is 10.0 Å². The van der Waals surface area contributed by atoms with Gasteiger partial charge in [0, 0.05) is 12.7 Å². The fourth-order valence-electron chi connectivity index (χ4n) is 2.56. The lowest BCUT2D eigenvalue weighted by Crippen LogP contribution is -2.29. The van der Waals surface area contributed by atoms with E-state index in [1.807, 2.05) is 0 Å². The van der Waals surface area contributed by atoms with Crippen LogP contribution < -0.4 is 4.90 Å². The Bertz CT molecular complexity index is 524. The summed E-state index contributed by atoms with van der Waals surface area (Å²) >= 11 is 0. The van der Waals surface area contributed by atoms with E-state index in [4.69, 9.17) is 5.11 Å². The molecule has 0 radical (unpaired) electrons. The van der Waals surface area contributed by atoms with Crippen molar-refractivity contribution in [2.75, 3.05) is 11.9 Å². The van der Waals surface area contributed by atoms with Crippen LogP contribution in [-0.2, 0) is 9.59 Å².